The molecule has 2 rings (SSSR count). The monoisotopic (exact) mass is 361 g/mol. The van der Waals surface area contributed by atoms with Gasteiger partial charge >= 0.3 is 0 Å². The van der Waals surface area contributed by atoms with Crippen LogP contribution in [0.2, 0.25) is 0 Å². The van der Waals surface area contributed by atoms with E-state index in [0.29, 0.717) is 28.7 Å². The van der Waals surface area contributed by atoms with Gasteiger partial charge in [0.2, 0.25) is 0 Å². The minimum Gasteiger partial charge on any atom is -0.492 e. The van der Waals surface area contributed by atoms with Crippen LogP contribution in [0.4, 0.5) is 11.4 Å². The van der Waals surface area contributed by atoms with Gasteiger partial charge in [-0.05, 0) is 44.3 Å². The fraction of sp³-hybridized carbons (Fsp3) is 0.353. The van der Waals surface area contributed by atoms with E-state index >= 15 is 0 Å². The maximum absolute atomic E-state index is 12.1. The summed E-state index contributed by atoms with van der Waals surface area (Å²) in [5, 5.41) is 10.8. The number of carbonyl (C=O) groups excluding carboxylic acids is 1. The minimum atomic E-state index is -0.0832. The topological polar surface area (TPSA) is 71.4 Å². The molecule has 1 aromatic carbocycles. The van der Waals surface area contributed by atoms with Crippen molar-refractivity contribution in [3.63, 3.8) is 0 Å². The number of aryl methyl sites for hydroxylation is 1. The second-order valence-electron chi connectivity index (χ2n) is 5.51. The molecule has 0 fully saturated rings. The summed E-state index contributed by atoms with van der Waals surface area (Å²) >= 11 is 5.34. The summed E-state index contributed by atoms with van der Waals surface area (Å²) < 4.78 is 7.45. The number of benzene rings is 1. The van der Waals surface area contributed by atoms with Crippen molar-refractivity contribution >= 4 is 34.6 Å². The first-order valence-corrected chi connectivity index (χ1v) is 8.44. The van der Waals surface area contributed by atoms with Gasteiger partial charge < -0.3 is 20.3 Å². The molecular weight excluding hydrogens is 338 g/mol. The lowest BCUT2D eigenvalue weighted by molar-refractivity contribution is 0.0827. The lowest BCUT2D eigenvalue weighted by Crippen LogP contribution is -2.22. The molecule has 25 heavy (non-hydrogen) atoms. The largest absolute Gasteiger partial charge is 0.492 e. The first kappa shape index (κ1) is 18.7. The molecule has 0 aliphatic rings. The first-order valence-electron chi connectivity index (χ1n) is 8.03. The van der Waals surface area contributed by atoms with E-state index < -0.39 is 0 Å². The Morgan fingerprint density at radius 2 is 2.08 bits per heavy atom. The van der Waals surface area contributed by atoms with Crippen LogP contribution in [0, 0.1) is 0 Å². The van der Waals surface area contributed by atoms with Crippen LogP contribution in [0.3, 0.4) is 0 Å². The Morgan fingerprint density at radius 3 is 2.68 bits per heavy atom. The van der Waals surface area contributed by atoms with Crippen LogP contribution in [0.1, 0.15) is 24.2 Å². The van der Waals surface area contributed by atoms with Crippen LogP contribution < -0.4 is 15.4 Å². The summed E-state index contributed by atoms with van der Waals surface area (Å²) in [7, 11) is 3.43. The molecule has 0 bridgehead atoms. The molecule has 8 heteroatoms. The van der Waals surface area contributed by atoms with E-state index in [1.54, 1.807) is 43.2 Å². The number of carbonyl (C=O) groups is 1. The Balaban J connectivity index is 2.14. The zero-order valence-corrected chi connectivity index (χ0v) is 15.7. The standard InChI is InChI=1S/C17H23N5O2S/c1-5-22-11-13(10-18-22)19-17(25)20-14-8-7-12(16(23)21(3)4)9-15(14)24-6-2/h7-11H,5-6H2,1-4H3,(H2,19,20,25). The Hall–Kier alpha value is -2.61. The number of aromatic nitrogens is 2. The Bertz CT molecular complexity index is 757. The maximum atomic E-state index is 12.1. The summed E-state index contributed by atoms with van der Waals surface area (Å²) in [5.74, 6) is 0.490. The molecule has 2 aromatic rings. The van der Waals surface area contributed by atoms with E-state index in [-0.39, 0.29) is 5.91 Å². The third-order valence-electron chi connectivity index (χ3n) is 3.40. The number of amides is 1. The number of ether oxygens (including phenoxy) is 1. The van der Waals surface area contributed by atoms with E-state index in [1.807, 2.05) is 20.0 Å². The molecule has 0 spiro atoms. The fourth-order valence-corrected chi connectivity index (χ4v) is 2.41. The normalized spacial score (nSPS) is 10.2. The number of anilines is 2. The van der Waals surface area contributed by atoms with Gasteiger partial charge in [0.25, 0.3) is 5.91 Å². The molecule has 0 atom stereocenters. The van der Waals surface area contributed by atoms with E-state index in [9.17, 15) is 4.79 Å². The molecule has 0 saturated heterocycles. The molecule has 0 radical (unpaired) electrons. The van der Waals surface area contributed by atoms with Crippen molar-refractivity contribution in [2.45, 2.75) is 20.4 Å². The minimum absolute atomic E-state index is 0.0832. The third kappa shape index (κ3) is 4.93. The van der Waals surface area contributed by atoms with Gasteiger partial charge in [-0.25, -0.2) is 0 Å². The molecule has 0 aliphatic heterocycles. The van der Waals surface area contributed by atoms with Gasteiger partial charge in [0.15, 0.2) is 5.11 Å². The lowest BCUT2D eigenvalue weighted by Gasteiger charge is -2.16. The molecule has 7 nitrogen and oxygen atoms in total. The lowest BCUT2D eigenvalue weighted by atomic mass is 10.1. The second-order valence-corrected chi connectivity index (χ2v) is 5.92. The van der Waals surface area contributed by atoms with Crippen LogP contribution in [0.25, 0.3) is 0 Å². The highest BCUT2D eigenvalue weighted by Gasteiger charge is 2.13. The van der Waals surface area contributed by atoms with Crippen molar-refractivity contribution in [3.8, 4) is 5.75 Å². The average molecular weight is 361 g/mol. The predicted octanol–water partition coefficient (Wildman–Crippen LogP) is 2.81. The molecular formula is C17H23N5O2S. The smallest absolute Gasteiger partial charge is 0.253 e. The summed E-state index contributed by atoms with van der Waals surface area (Å²) in [6.07, 6.45) is 3.58. The molecule has 2 N–H and O–H groups in total. The van der Waals surface area contributed by atoms with Crippen molar-refractivity contribution in [2.75, 3.05) is 31.3 Å². The van der Waals surface area contributed by atoms with Crippen LogP contribution in [-0.2, 0) is 6.54 Å². The van der Waals surface area contributed by atoms with Gasteiger partial charge in [-0.15, -0.1) is 0 Å². The van der Waals surface area contributed by atoms with Crippen molar-refractivity contribution in [2.24, 2.45) is 0 Å². The number of rotatable bonds is 6. The van der Waals surface area contributed by atoms with Crippen molar-refractivity contribution in [3.05, 3.63) is 36.2 Å². The highest BCUT2D eigenvalue weighted by molar-refractivity contribution is 7.80. The van der Waals surface area contributed by atoms with Gasteiger partial charge in [-0.2, -0.15) is 5.10 Å². The summed E-state index contributed by atoms with van der Waals surface area (Å²) in [4.78, 5) is 13.6. The Labute approximate surface area is 153 Å². The van der Waals surface area contributed by atoms with Gasteiger partial charge in [-0.1, -0.05) is 0 Å². The molecule has 0 saturated carbocycles. The van der Waals surface area contributed by atoms with Crippen molar-refractivity contribution in [1.82, 2.24) is 14.7 Å². The third-order valence-corrected chi connectivity index (χ3v) is 3.60. The average Bonchev–Trinajstić information content (AvgIpc) is 3.03. The summed E-state index contributed by atoms with van der Waals surface area (Å²) in [5.41, 5.74) is 2.05. The van der Waals surface area contributed by atoms with Crippen LogP contribution in [0.15, 0.2) is 30.6 Å². The quantitative estimate of drug-likeness (QED) is 0.771. The molecule has 1 heterocycles. The van der Waals surface area contributed by atoms with Crippen LogP contribution in [0.5, 0.6) is 5.75 Å². The van der Waals surface area contributed by atoms with E-state index in [2.05, 4.69) is 15.7 Å². The van der Waals surface area contributed by atoms with Crippen LogP contribution >= 0.6 is 12.2 Å². The number of hydrogen-bond acceptors (Lipinski definition) is 4. The molecule has 0 unspecified atom stereocenters. The van der Waals surface area contributed by atoms with Gasteiger partial charge in [-0.3, -0.25) is 9.48 Å². The molecule has 1 aromatic heterocycles. The van der Waals surface area contributed by atoms with Gasteiger partial charge in [0, 0.05) is 32.4 Å². The Kier molecular flexibility index (Phi) is 6.35. The zero-order chi connectivity index (χ0) is 18.4. The van der Waals surface area contributed by atoms with E-state index in [4.69, 9.17) is 17.0 Å². The van der Waals surface area contributed by atoms with Crippen molar-refractivity contribution in [1.29, 1.82) is 0 Å². The van der Waals surface area contributed by atoms with Crippen molar-refractivity contribution < 1.29 is 9.53 Å². The SMILES string of the molecule is CCOc1cc(C(=O)N(C)C)ccc1NC(=S)Nc1cnn(CC)c1. The maximum Gasteiger partial charge on any atom is 0.253 e. The summed E-state index contributed by atoms with van der Waals surface area (Å²) in [6.45, 7) is 5.17. The van der Waals surface area contributed by atoms with E-state index in [1.165, 1.54) is 4.90 Å². The first-order chi connectivity index (χ1) is 11.9. The predicted molar refractivity (Wildman–Crippen MR) is 103 cm³/mol. The van der Waals surface area contributed by atoms with Gasteiger partial charge in [0.05, 0.1) is 24.2 Å². The highest BCUT2D eigenvalue weighted by Crippen LogP contribution is 2.27. The molecule has 0 aliphatic carbocycles. The number of thiocarbonyl (C=S) groups is 1. The molecule has 134 valence electrons. The number of hydrogen-bond donors (Lipinski definition) is 2. The van der Waals surface area contributed by atoms with Gasteiger partial charge in [0.1, 0.15) is 5.75 Å². The Morgan fingerprint density at radius 1 is 1.32 bits per heavy atom. The number of nitrogens with one attached hydrogen (secondary N) is 2. The van der Waals surface area contributed by atoms with Crippen LogP contribution in [-0.4, -0.2) is 46.4 Å². The number of nitrogens with zero attached hydrogens (tertiary/aromatic N) is 3. The molecule has 1 amide bonds. The zero-order valence-electron chi connectivity index (χ0n) is 14.9. The summed E-state index contributed by atoms with van der Waals surface area (Å²) in [6, 6.07) is 5.24. The van der Waals surface area contributed by atoms with E-state index in [0.717, 1.165) is 12.2 Å². The highest BCUT2D eigenvalue weighted by atomic mass is 32.1. The second kappa shape index (κ2) is 8.48. The fourth-order valence-electron chi connectivity index (χ4n) is 2.18.